The molecular formula is C16H20N2. The predicted octanol–water partition coefficient (Wildman–Crippen LogP) is 3.78. The number of fused-ring (bicyclic) bond motifs is 1. The zero-order valence-corrected chi connectivity index (χ0v) is 11.0. The number of nitrogens with zero attached hydrogens (tertiary/aromatic N) is 2. The second kappa shape index (κ2) is 5.07. The Hall–Kier alpha value is -1.41. The Balaban J connectivity index is 1.93. The van der Waals surface area contributed by atoms with E-state index < -0.39 is 0 Å². The van der Waals surface area contributed by atoms with Gasteiger partial charge in [-0.25, -0.2) is 0 Å². The topological polar surface area (TPSA) is 16.1 Å². The molecule has 1 aliphatic heterocycles. The van der Waals surface area contributed by atoms with Crippen LogP contribution >= 0.6 is 0 Å². The van der Waals surface area contributed by atoms with E-state index >= 15 is 0 Å². The van der Waals surface area contributed by atoms with Gasteiger partial charge in [0, 0.05) is 17.6 Å². The summed E-state index contributed by atoms with van der Waals surface area (Å²) in [5, 5.41) is 1.26. The molecular weight excluding hydrogens is 220 g/mol. The molecule has 2 heterocycles. The number of hydrogen-bond donors (Lipinski definition) is 0. The van der Waals surface area contributed by atoms with Crippen LogP contribution in [0.2, 0.25) is 0 Å². The van der Waals surface area contributed by atoms with Gasteiger partial charge in [-0.2, -0.15) is 0 Å². The minimum absolute atomic E-state index is 0.620. The van der Waals surface area contributed by atoms with Crippen molar-refractivity contribution < 1.29 is 0 Å². The van der Waals surface area contributed by atoms with Gasteiger partial charge in [-0.3, -0.25) is 9.88 Å². The van der Waals surface area contributed by atoms with Crippen LogP contribution in [0, 0.1) is 0 Å². The van der Waals surface area contributed by atoms with Crippen molar-refractivity contribution in [3.63, 3.8) is 0 Å². The fourth-order valence-corrected chi connectivity index (χ4v) is 3.06. The lowest BCUT2D eigenvalue weighted by atomic mass is 10.0. The molecule has 0 spiro atoms. The maximum atomic E-state index is 4.39. The first kappa shape index (κ1) is 11.7. The molecule has 2 aromatic rings. The van der Waals surface area contributed by atoms with E-state index in [2.05, 4.69) is 41.1 Å². The van der Waals surface area contributed by atoms with Gasteiger partial charge in [0.15, 0.2) is 0 Å². The Morgan fingerprint density at radius 1 is 1.33 bits per heavy atom. The highest BCUT2D eigenvalue weighted by Gasteiger charge is 2.24. The predicted molar refractivity (Wildman–Crippen MR) is 75.6 cm³/mol. The van der Waals surface area contributed by atoms with Gasteiger partial charge in [-0.15, -0.1) is 0 Å². The number of likely N-dealkylation sites (tertiary alicyclic amines) is 1. The molecule has 3 rings (SSSR count). The largest absolute Gasteiger partial charge is 0.296 e. The van der Waals surface area contributed by atoms with E-state index in [1.807, 2.05) is 12.3 Å². The maximum absolute atomic E-state index is 4.39. The van der Waals surface area contributed by atoms with Crippen molar-refractivity contribution in [3.05, 3.63) is 42.1 Å². The number of aromatic nitrogens is 1. The fourth-order valence-electron chi connectivity index (χ4n) is 3.06. The van der Waals surface area contributed by atoms with E-state index in [0.717, 1.165) is 5.52 Å². The normalized spacial score (nSPS) is 20.6. The molecule has 0 amide bonds. The lowest BCUT2D eigenvalue weighted by Crippen LogP contribution is -2.23. The van der Waals surface area contributed by atoms with Crippen LogP contribution in [0.5, 0.6) is 0 Å². The van der Waals surface area contributed by atoms with Crippen molar-refractivity contribution in [1.29, 1.82) is 0 Å². The zero-order valence-electron chi connectivity index (χ0n) is 11.0. The van der Waals surface area contributed by atoms with E-state index in [1.165, 1.54) is 43.3 Å². The van der Waals surface area contributed by atoms with Crippen molar-refractivity contribution in [2.24, 2.45) is 0 Å². The van der Waals surface area contributed by atoms with E-state index in [9.17, 15) is 0 Å². The summed E-state index contributed by atoms with van der Waals surface area (Å²) in [6.45, 7) is 4.74. The minimum atomic E-state index is 0.620. The molecule has 0 radical (unpaired) electrons. The monoisotopic (exact) mass is 240 g/mol. The lowest BCUT2D eigenvalue weighted by molar-refractivity contribution is 0.258. The summed E-state index contributed by atoms with van der Waals surface area (Å²) in [6, 6.07) is 11.5. The third-order valence-corrected chi connectivity index (χ3v) is 3.89. The van der Waals surface area contributed by atoms with Crippen molar-refractivity contribution >= 4 is 10.9 Å². The summed E-state index contributed by atoms with van der Waals surface area (Å²) < 4.78 is 0. The third-order valence-electron chi connectivity index (χ3n) is 3.89. The van der Waals surface area contributed by atoms with Crippen LogP contribution in [-0.4, -0.2) is 23.0 Å². The van der Waals surface area contributed by atoms with E-state index in [1.54, 1.807) is 0 Å². The lowest BCUT2D eigenvalue weighted by Gasteiger charge is -2.24. The van der Waals surface area contributed by atoms with Gasteiger partial charge in [-0.05, 0) is 56.1 Å². The molecule has 1 aromatic heterocycles. The molecule has 1 aromatic carbocycles. The molecule has 0 bridgehead atoms. The van der Waals surface area contributed by atoms with Crippen LogP contribution < -0.4 is 0 Å². The van der Waals surface area contributed by atoms with Crippen LogP contribution in [0.4, 0.5) is 0 Å². The Morgan fingerprint density at radius 2 is 2.28 bits per heavy atom. The van der Waals surface area contributed by atoms with Gasteiger partial charge in [0.05, 0.1) is 5.52 Å². The Kier molecular flexibility index (Phi) is 3.28. The highest BCUT2D eigenvalue weighted by molar-refractivity contribution is 5.79. The van der Waals surface area contributed by atoms with Crippen molar-refractivity contribution in [1.82, 2.24) is 9.88 Å². The van der Waals surface area contributed by atoms with Gasteiger partial charge in [0.25, 0.3) is 0 Å². The number of hydrogen-bond acceptors (Lipinski definition) is 2. The van der Waals surface area contributed by atoms with Crippen molar-refractivity contribution in [3.8, 4) is 0 Å². The van der Waals surface area contributed by atoms with E-state index in [0.29, 0.717) is 6.04 Å². The molecule has 1 atom stereocenters. The summed E-state index contributed by atoms with van der Waals surface area (Å²) in [6.07, 6.45) is 5.73. The molecule has 0 unspecified atom stereocenters. The van der Waals surface area contributed by atoms with E-state index in [-0.39, 0.29) is 0 Å². The number of rotatable bonds is 3. The van der Waals surface area contributed by atoms with Crippen LogP contribution in [0.1, 0.15) is 37.8 Å². The quantitative estimate of drug-likeness (QED) is 0.811. The van der Waals surface area contributed by atoms with Gasteiger partial charge < -0.3 is 0 Å². The highest BCUT2D eigenvalue weighted by atomic mass is 15.2. The van der Waals surface area contributed by atoms with Crippen LogP contribution in [0.25, 0.3) is 10.9 Å². The van der Waals surface area contributed by atoms with Crippen molar-refractivity contribution in [2.45, 2.75) is 32.2 Å². The second-order valence-electron chi connectivity index (χ2n) is 5.15. The molecule has 1 fully saturated rings. The molecule has 94 valence electrons. The first-order valence-electron chi connectivity index (χ1n) is 6.97. The Labute approximate surface area is 109 Å². The number of benzene rings is 1. The summed E-state index contributed by atoms with van der Waals surface area (Å²) >= 11 is 0. The Bertz CT molecular complexity index is 535. The van der Waals surface area contributed by atoms with Crippen molar-refractivity contribution in [2.75, 3.05) is 13.1 Å². The van der Waals surface area contributed by atoms with Crippen LogP contribution in [-0.2, 0) is 0 Å². The minimum Gasteiger partial charge on any atom is -0.296 e. The average molecular weight is 240 g/mol. The summed E-state index contributed by atoms with van der Waals surface area (Å²) in [4.78, 5) is 7.01. The molecule has 1 aliphatic rings. The van der Waals surface area contributed by atoms with Gasteiger partial charge in [0.2, 0.25) is 0 Å². The first-order chi connectivity index (χ1) is 8.88. The SMILES string of the molecule is CCCN1CCC[C@H]1c1ccc2ncccc2c1. The molecule has 0 N–H and O–H groups in total. The van der Waals surface area contributed by atoms with Crippen LogP contribution in [0.15, 0.2) is 36.5 Å². The molecule has 18 heavy (non-hydrogen) atoms. The Morgan fingerprint density at radius 3 is 3.17 bits per heavy atom. The summed E-state index contributed by atoms with van der Waals surface area (Å²) in [7, 11) is 0. The van der Waals surface area contributed by atoms with Gasteiger partial charge >= 0.3 is 0 Å². The first-order valence-corrected chi connectivity index (χ1v) is 6.97. The molecule has 2 nitrogen and oxygen atoms in total. The summed E-state index contributed by atoms with van der Waals surface area (Å²) in [5.41, 5.74) is 2.56. The second-order valence-corrected chi connectivity index (χ2v) is 5.15. The zero-order chi connectivity index (χ0) is 12.4. The van der Waals surface area contributed by atoms with Crippen LogP contribution in [0.3, 0.4) is 0 Å². The molecule has 0 saturated carbocycles. The molecule has 1 saturated heterocycles. The average Bonchev–Trinajstić information content (AvgIpc) is 2.87. The molecule has 2 heteroatoms. The number of pyridine rings is 1. The standard InChI is InChI=1S/C16H20N2/c1-2-10-18-11-4-6-16(18)14-7-8-15-13(12-14)5-3-9-17-15/h3,5,7-9,12,16H,2,4,6,10-11H2,1H3/t16-/m0/s1. The smallest absolute Gasteiger partial charge is 0.0702 e. The molecule has 0 aliphatic carbocycles. The van der Waals surface area contributed by atoms with E-state index in [4.69, 9.17) is 0 Å². The van der Waals surface area contributed by atoms with Gasteiger partial charge in [-0.1, -0.05) is 19.1 Å². The summed E-state index contributed by atoms with van der Waals surface area (Å²) in [5.74, 6) is 0. The highest BCUT2D eigenvalue weighted by Crippen LogP contribution is 2.33. The fraction of sp³-hybridized carbons (Fsp3) is 0.438. The third kappa shape index (κ3) is 2.13. The maximum Gasteiger partial charge on any atom is 0.0702 e. The van der Waals surface area contributed by atoms with Gasteiger partial charge in [0.1, 0.15) is 0 Å².